The maximum absolute atomic E-state index is 10.9. The van der Waals surface area contributed by atoms with Crippen LogP contribution in [-0.4, -0.2) is 24.8 Å². The maximum Gasteiger partial charge on any atom is 0.137 e. The van der Waals surface area contributed by atoms with E-state index in [1.807, 2.05) is 12.1 Å². The largest absolute Gasteiger partial charge is 0.495 e. The zero-order valence-corrected chi connectivity index (χ0v) is 13.0. The minimum absolute atomic E-state index is 0.532. The van der Waals surface area contributed by atoms with Gasteiger partial charge in [-0.1, -0.05) is 24.6 Å². The van der Waals surface area contributed by atoms with Crippen LogP contribution in [0.1, 0.15) is 44.6 Å². The number of ether oxygens (including phenoxy) is 1. The number of hydrogen-bond acceptors (Lipinski definition) is 3. The Kier molecular flexibility index (Phi) is 5.30. The second kappa shape index (κ2) is 6.79. The summed E-state index contributed by atoms with van der Waals surface area (Å²) >= 11 is 6.04. The van der Waals surface area contributed by atoms with Crippen molar-refractivity contribution in [2.75, 3.05) is 13.7 Å². The fourth-order valence-electron chi connectivity index (χ4n) is 2.89. The van der Waals surface area contributed by atoms with Gasteiger partial charge < -0.3 is 15.2 Å². The molecule has 0 amide bonds. The summed E-state index contributed by atoms with van der Waals surface area (Å²) in [5.74, 6) is 0.629. The van der Waals surface area contributed by atoms with E-state index in [0.29, 0.717) is 16.8 Å². The molecule has 0 heterocycles. The molecule has 0 spiro atoms. The average molecular weight is 298 g/mol. The van der Waals surface area contributed by atoms with Gasteiger partial charge in [-0.05, 0) is 56.3 Å². The molecule has 0 atom stereocenters. The minimum atomic E-state index is -0.748. The summed E-state index contributed by atoms with van der Waals surface area (Å²) in [7, 11) is 1.60. The Labute approximate surface area is 126 Å². The van der Waals surface area contributed by atoms with Gasteiger partial charge in [0.25, 0.3) is 0 Å². The highest BCUT2D eigenvalue weighted by molar-refractivity contribution is 6.32. The second-order valence-corrected chi connectivity index (χ2v) is 6.02. The molecular weight excluding hydrogens is 274 g/mol. The van der Waals surface area contributed by atoms with Crippen LogP contribution in [0.25, 0.3) is 0 Å². The average Bonchev–Trinajstić information content (AvgIpc) is 2.47. The lowest BCUT2D eigenvalue weighted by Gasteiger charge is -2.37. The normalized spacial score (nSPS) is 26.5. The summed E-state index contributed by atoms with van der Waals surface area (Å²) in [6, 6.07) is 6.10. The van der Waals surface area contributed by atoms with Gasteiger partial charge in [0.05, 0.1) is 17.7 Å². The van der Waals surface area contributed by atoms with Crippen LogP contribution in [0.5, 0.6) is 5.75 Å². The smallest absolute Gasteiger partial charge is 0.137 e. The molecule has 1 aliphatic rings. The molecule has 20 heavy (non-hydrogen) atoms. The van der Waals surface area contributed by atoms with Crippen LogP contribution in [-0.2, 0) is 5.60 Å². The third-order valence-electron chi connectivity index (χ3n) is 4.18. The number of nitrogens with one attached hydrogen (secondary N) is 1. The molecule has 0 radical (unpaired) electrons. The van der Waals surface area contributed by atoms with Crippen LogP contribution in [0.15, 0.2) is 18.2 Å². The Morgan fingerprint density at radius 3 is 2.70 bits per heavy atom. The van der Waals surface area contributed by atoms with Crippen molar-refractivity contribution in [1.29, 1.82) is 0 Å². The molecule has 112 valence electrons. The SMILES string of the molecule is CCCNC1CCC(O)(c2ccc(Cl)c(OC)c2)CC1. The number of rotatable bonds is 5. The minimum Gasteiger partial charge on any atom is -0.495 e. The van der Waals surface area contributed by atoms with Crippen molar-refractivity contribution in [3.8, 4) is 5.75 Å². The van der Waals surface area contributed by atoms with Crippen molar-refractivity contribution < 1.29 is 9.84 Å². The van der Waals surface area contributed by atoms with E-state index in [4.69, 9.17) is 16.3 Å². The van der Waals surface area contributed by atoms with Gasteiger partial charge in [0.15, 0.2) is 0 Å². The number of benzene rings is 1. The van der Waals surface area contributed by atoms with E-state index >= 15 is 0 Å². The van der Waals surface area contributed by atoms with Crippen LogP contribution < -0.4 is 10.1 Å². The Hall–Kier alpha value is -0.770. The van der Waals surface area contributed by atoms with Gasteiger partial charge in [-0.25, -0.2) is 0 Å². The summed E-state index contributed by atoms with van der Waals surface area (Å²) in [4.78, 5) is 0. The summed E-state index contributed by atoms with van der Waals surface area (Å²) in [5, 5.41) is 15.0. The lowest BCUT2D eigenvalue weighted by atomic mass is 9.77. The fraction of sp³-hybridized carbons (Fsp3) is 0.625. The van der Waals surface area contributed by atoms with Gasteiger partial charge >= 0.3 is 0 Å². The second-order valence-electron chi connectivity index (χ2n) is 5.61. The van der Waals surface area contributed by atoms with Gasteiger partial charge in [0.1, 0.15) is 5.75 Å². The lowest BCUT2D eigenvalue weighted by Crippen LogP contribution is -2.40. The molecule has 2 rings (SSSR count). The van der Waals surface area contributed by atoms with Crippen molar-refractivity contribution in [3.05, 3.63) is 28.8 Å². The van der Waals surface area contributed by atoms with E-state index in [9.17, 15) is 5.11 Å². The Bertz CT molecular complexity index is 442. The Balaban J connectivity index is 2.05. The molecule has 4 heteroatoms. The molecule has 1 aromatic rings. The summed E-state index contributed by atoms with van der Waals surface area (Å²) in [5.41, 5.74) is 0.162. The van der Waals surface area contributed by atoms with Crippen molar-refractivity contribution in [2.24, 2.45) is 0 Å². The van der Waals surface area contributed by atoms with E-state index in [1.54, 1.807) is 13.2 Å². The first kappa shape index (κ1) is 15.6. The summed E-state index contributed by atoms with van der Waals surface area (Å²) in [6.45, 7) is 3.23. The van der Waals surface area contributed by atoms with Gasteiger partial charge in [0, 0.05) is 6.04 Å². The number of halogens is 1. The Morgan fingerprint density at radius 1 is 1.40 bits per heavy atom. The highest BCUT2D eigenvalue weighted by atomic mass is 35.5. The van der Waals surface area contributed by atoms with Crippen molar-refractivity contribution in [3.63, 3.8) is 0 Å². The quantitative estimate of drug-likeness (QED) is 0.874. The van der Waals surface area contributed by atoms with Crippen LogP contribution in [0.3, 0.4) is 0 Å². The molecule has 1 aliphatic carbocycles. The van der Waals surface area contributed by atoms with E-state index in [0.717, 1.165) is 44.2 Å². The first-order chi connectivity index (χ1) is 9.59. The van der Waals surface area contributed by atoms with Crippen molar-refractivity contribution in [2.45, 2.75) is 50.7 Å². The number of aliphatic hydroxyl groups is 1. The molecule has 1 saturated carbocycles. The summed E-state index contributed by atoms with van der Waals surface area (Å²) in [6.07, 6.45) is 4.70. The first-order valence-corrected chi connectivity index (χ1v) is 7.76. The molecule has 0 bridgehead atoms. The number of hydrogen-bond donors (Lipinski definition) is 2. The fourth-order valence-corrected chi connectivity index (χ4v) is 3.08. The molecular formula is C16H24ClNO2. The van der Waals surface area contributed by atoms with E-state index in [1.165, 1.54) is 0 Å². The topological polar surface area (TPSA) is 41.5 Å². The molecule has 1 aromatic carbocycles. The van der Waals surface area contributed by atoms with Crippen LogP contribution in [0, 0.1) is 0 Å². The molecule has 0 aromatic heterocycles. The predicted molar refractivity (Wildman–Crippen MR) is 82.5 cm³/mol. The first-order valence-electron chi connectivity index (χ1n) is 7.39. The lowest BCUT2D eigenvalue weighted by molar-refractivity contribution is -0.00841. The molecule has 1 fully saturated rings. The molecule has 0 unspecified atom stereocenters. The third-order valence-corrected chi connectivity index (χ3v) is 4.50. The van der Waals surface area contributed by atoms with E-state index in [2.05, 4.69) is 12.2 Å². The van der Waals surface area contributed by atoms with E-state index < -0.39 is 5.60 Å². The van der Waals surface area contributed by atoms with Crippen LogP contribution in [0.4, 0.5) is 0 Å². The van der Waals surface area contributed by atoms with Crippen LogP contribution >= 0.6 is 11.6 Å². The molecule has 2 N–H and O–H groups in total. The summed E-state index contributed by atoms with van der Waals surface area (Å²) < 4.78 is 5.24. The van der Waals surface area contributed by atoms with Crippen molar-refractivity contribution >= 4 is 11.6 Å². The standard InChI is InChI=1S/C16H24ClNO2/c1-3-10-18-13-6-8-16(19,9-7-13)12-4-5-14(17)15(11-12)20-2/h4-5,11,13,18-19H,3,6-10H2,1-2H3. The highest BCUT2D eigenvalue weighted by Crippen LogP contribution is 2.39. The van der Waals surface area contributed by atoms with Gasteiger partial charge in [-0.15, -0.1) is 0 Å². The maximum atomic E-state index is 10.9. The van der Waals surface area contributed by atoms with Crippen LogP contribution in [0.2, 0.25) is 5.02 Å². The zero-order chi connectivity index (χ0) is 14.6. The Morgan fingerprint density at radius 2 is 2.10 bits per heavy atom. The van der Waals surface area contributed by atoms with Crippen molar-refractivity contribution in [1.82, 2.24) is 5.32 Å². The number of methoxy groups -OCH3 is 1. The molecule has 0 saturated heterocycles. The zero-order valence-electron chi connectivity index (χ0n) is 12.3. The third kappa shape index (κ3) is 3.46. The highest BCUT2D eigenvalue weighted by Gasteiger charge is 2.35. The van der Waals surface area contributed by atoms with Gasteiger partial charge in [-0.3, -0.25) is 0 Å². The molecule has 0 aliphatic heterocycles. The van der Waals surface area contributed by atoms with Gasteiger partial charge in [0.2, 0.25) is 0 Å². The predicted octanol–water partition coefficient (Wildman–Crippen LogP) is 3.48. The van der Waals surface area contributed by atoms with Gasteiger partial charge in [-0.2, -0.15) is 0 Å². The monoisotopic (exact) mass is 297 g/mol. The molecule has 3 nitrogen and oxygen atoms in total. The van der Waals surface area contributed by atoms with E-state index in [-0.39, 0.29) is 0 Å².